The van der Waals surface area contributed by atoms with E-state index in [2.05, 4.69) is 132 Å². The molecule has 12 rings (SSSR count). The van der Waals surface area contributed by atoms with Crippen LogP contribution in [0.5, 0.6) is 0 Å². The molecule has 0 amide bonds. The van der Waals surface area contributed by atoms with Gasteiger partial charge in [0.2, 0.25) is 0 Å². The average Bonchev–Trinajstić information content (AvgIpc) is 3.92. The quantitative estimate of drug-likeness (QED) is 0.123. The maximum absolute atomic E-state index is 10.5. The molecule has 0 unspecified atom stereocenters. The molecule has 0 aliphatic rings. The molecule has 10 aromatic carbocycles. The third kappa shape index (κ3) is 5.50. The molecule has 0 fully saturated rings. The monoisotopic (exact) mass is 822 g/mol. The summed E-state index contributed by atoms with van der Waals surface area (Å²) in [5, 5.41) is 20.6. The van der Waals surface area contributed by atoms with Crippen molar-refractivity contribution in [2.45, 2.75) is 26.2 Å². The third-order valence-corrected chi connectivity index (χ3v) is 12.8. The standard InChI is InChI=1S/C58H38N4O2/c1-58(2,3)38-31-35-23-26-41-48(61(39-15-7-5-8-16-39)46-29-25-37(34-59)53-43-19-11-13-21-50(43)63-56(46)53)33-49(42-27-24-36(32-38)52(35)54(41)42)62(40-17-9-6-10-18-40)47-30-28-45(60-4)55-44-20-12-14-22-51(44)64-57(47)55/h5-33H,1-3H3. The lowest BCUT2D eigenvalue weighted by Gasteiger charge is -2.32. The lowest BCUT2D eigenvalue weighted by Crippen LogP contribution is -2.15. The van der Waals surface area contributed by atoms with Crippen LogP contribution >= 0.6 is 0 Å². The van der Waals surface area contributed by atoms with Crippen LogP contribution < -0.4 is 9.80 Å². The summed E-state index contributed by atoms with van der Waals surface area (Å²) < 4.78 is 13.6. The van der Waals surface area contributed by atoms with Crippen molar-refractivity contribution >= 4 is 116 Å². The number of fused-ring (bicyclic) bond motifs is 6. The summed E-state index contributed by atoms with van der Waals surface area (Å²) in [4.78, 5) is 8.56. The van der Waals surface area contributed by atoms with E-state index in [9.17, 15) is 5.26 Å². The molecular weight excluding hydrogens is 785 g/mol. The van der Waals surface area contributed by atoms with Crippen molar-refractivity contribution < 1.29 is 8.83 Å². The maximum atomic E-state index is 10.5. The summed E-state index contributed by atoms with van der Waals surface area (Å²) in [6, 6.07) is 63.0. The van der Waals surface area contributed by atoms with Crippen LogP contribution in [0.15, 0.2) is 185 Å². The smallest absolute Gasteiger partial charge is 0.198 e. The molecule has 6 nitrogen and oxygen atoms in total. The second-order valence-electron chi connectivity index (χ2n) is 17.5. The maximum Gasteiger partial charge on any atom is 0.198 e. The van der Waals surface area contributed by atoms with Gasteiger partial charge in [0.15, 0.2) is 11.3 Å². The summed E-state index contributed by atoms with van der Waals surface area (Å²) in [5.74, 6) is 0. The van der Waals surface area contributed by atoms with E-state index in [0.717, 1.165) is 77.4 Å². The van der Waals surface area contributed by atoms with Gasteiger partial charge in [0.25, 0.3) is 0 Å². The molecular formula is C58H38N4O2. The Morgan fingerprint density at radius 3 is 1.52 bits per heavy atom. The van der Waals surface area contributed by atoms with Crippen LogP contribution in [0.4, 0.5) is 39.8 Å². The highest BCUT2D eigenvalue weighted by Gasteiger charge is 2.29. The van der Waals surface area contributed by atoms with Crippen LogP contribution in [0.25, 0.3) is 81.0 Å². The molecule has 0 N–H and O–H groups in total. The summed E-state index contributed by atoms with van der Waals surface area (Å²) in [6.07, 6.45) is 0. The Morgan fingerprint density at radius 2 is 0.984 bits per heavy atom. The fourth-order valence-corrected chi connectivity index (χ4v) is 9.80. The number of para-hydroxylation sites is 4. The van der Waals surface area contributed by atoms with Gasteiger partial charge in [-0.3, -0.25) is 0 Å². The fraction of sp³-hybridized carbons (Fsp3) is 0.0690. The summed E-state index contributed by atoms with van der Waals surface area (Å²) in [5.41, 5.74) is 10.3. The van der Waals surface area contributed by atoms with E-state index >= 15 is 0 Å². The van der Waals surface area contributed by atoms with Gasteiger partial charge in [0.05, 0.1) is 41.0 Å². The molecule has 0 aliphatic carbocycles. The van der Waals surface area contributed by atoms with Crippen LogP contribution in [0.2, 0.25) is 0 Å². The highest BCUT2D eigenvalue weighted by molar-refractivity contribution is 6.30. The first-order valence-electron chi connectivity index (χ1n) is 21.4. The van der Waals surface area contributed by atoms with Crippen molar-refractivity contribution in [1.82, 2.24) is 0 Å². The molecule has 2 heterocycles. The van der Waals surface area contributed by atoms with Crippen LogP contribution in [0.1, 0.15) is 31.9 Å². The Labute approximate surface area is 369 Å². The second-order valence-corrected chi connectivity index (χ2v) is 17.5. The number of anilines is 6. The average molecular weight is 823 g/mol. The number of hydrogen-bond donors (Lipinski definition) is 0. The zero-order valence-corrected chi connectivity index (χ0v) is 35.3. The van der Waals surface area contributed by atoms with Crippen LogP contribution in [0, 0.1) is 17.9 Å². The van der Waals surface area contributed by atoms with Crippen molar-refractivity contribution in [2.24, 2.45) is 0 Å². The van der Waals surface area contributed by atoms with Crippen LogP contribution in [-0.4, -0.2) is 0 Å². The predicted octanol–water partition coefficient (Wildman–Crippen LogP) is 17.0. The van der Waals surface area contributed by atoms with Crippen molar-refractivity contribution in [3.8, 4) is 6.07 Å². The Hall–Kier alpha value is -8.58. The number of nitriles is 1. The van der Waals surface area contributed by atoms with Crippen molar-refractivity contribution in [1.29, 1.82) is 5.26 Å². The molecule has 0 radical (unpaired) electrons. The van der Waals surface area contributed by atoms with Gasteiger partial charge in [0.1, 0.15) is 16.7 Å². The first kappa shape index (κ1) is 37.2. The van der Waals surface area contributed by atoms with E-state index < -0.39 is 0 Å². The largest absolute Gasteiger partial charge is 0.455 e. The molecule has 0 spiro atoms. The fourth-order valence-electron chi connectivity index (χ4n) is 9.80. The SMILES string of the molecule is [C-]#[N+]c1ccc(N(c2ccccc2)c2cc(N(c3ccccc3)c3ccc(C#N)c4c3oc3ccccc34)c3ccc4cc(C(C)(C)C)cc5ccc2c3c45)c2oc3ccccc3c12. The summed E-state index contributed by atoms with van der Waals surface area (Å²) in [6.45, 7) is 15.0. The van der Waals surface area contributed by atoms with Gasteiger partial charge < -0.3 is 18.6 Å². The topological polar surface area (TPSA) is 60.9 Å². The number of rotatable bonds is 6. The van der Waals surface area contributed by atoms with Gasteiger partial charge in [-0.25, -0.2) is 4.85 Å². The van der Waals surface area contributed by atoms with Crippen molar-refractivity contribution in [2.75, 3.05) is 9.80 Å². The zero-order chi connectivity index (χ0) is 43.3. The number of furan rings is 2. The first-order chi connectivity index (χ1) is 31.3. The minimum absolute atomic E-state index is 0.0576. The Bertz CT molecular complexity index is 3680. The molecule has 64 heavy (non-hydrogen) atoms. The second kappa shape index (κ2) is 14.0. The molecule has 12 aromatic rings. The van der Waals surface area contributed by atoms with Crippen LogP contribution in [-0.2, 0) is 5.41 Å². The molecule has 2 aromatic heterocycles. The number of benzene rings is 10. The van der Waals surface area contributed by atoms with Gasteiger partial charge in [0, 0.05) is 49.1 Å². The Kier molecular flexibility index (Phi) is 8.12. The highest BCUT2D eigenvalue weighted by atomic mass is 16.3. The molecule has 0 saturated carbocycles. The Balaban J connectivity index is 1.26. The van der Waals surface area contributed by atoms with Gasteiger partial charge in [-0.1, -0.05) is 136 Å². The third-order valence-electron chi connectivity index (χ3n) is 12.8. The van der Waals surface area contributed by atoms with Gasteiger partial charge in [-0.05, 0) is 87.8 Å². The van der Waals surface area contributed by atoms with Gasteiger partial charge >= 0.3 is 0 Å². The molecule has 0 atom stereocenters. The van der Waals surface area contributed by atoms with Crippen molar-refractivity contribution in [3.63, 3.8) is 0 Å². The Morgan fingerprint density at radius 1 is 0.484 bits per heavy atom. The van der Waals surface area contributed by atoms with Crippen molar-refractivity contribution in [3.05, 3.63) is 198 Å². The molecule has 302 valence electrons. The van der Waals surface area contributed by atoms with E-state index in [1.54, 1.807) is 0 Å². The van der Waals surface area contributed by atoms with E-state index in [0.29, 0.717) is 28.0 Å². The normalized spacial score (nSPS) is 12.0. The predicted molar refractivity (Wildman–Crippen MR) is 264 cm³/mol. The molecule has 0 aliphatic heterocycles. The lowest BCUT2D eigenvalue weighted by molar-refractivity contribution is 0.591. The van der Waals surface area contributed by atoms with E-state index in [4.69, 9.17) is 15.4 Å². The summed E-state index contributed by atoms with van der Waals surface area (Å²) in [7, 11) is 0. The first-order valence-corrected chi connectivity index (χ1v) is 21.4. The number of hydrogen-bond acceptors (Lipinski definition) is 5. The highest BCUT2D eigenvalue weighted by Crippen LogP contribution is 2.53. The molecule has 0 saturated heterocycles. The van der Waals surface area contributed by atoms with Crippen LogP contribution in [0.3, 0.4) is 0 Å². The minimum atomic E-state index is -0.0576. The van der Waals surface area contributed by atoms with Gasteiger partial charge in [-0.15, -0.1) is 0 Å². The minimum Gasteiger partial charge on any atom is -0.455 e. The van der Waals surface area contributed by atoms with Gasteiger partial charge in [-0.2, -0.15) is 5.26 Å². The zero-order valence-electron chi connectivity index (χ0n) is 35.3. The van der Waals surface area contributed by atoms with E-state index in [-0.39, 0.29) is 5.41 Å². The molecule has 0 bridgehead atoms. The summed E-state index contributed by atoms with van der Waals surface area (Å²) >= 11 is 0. The lowest BCUT2D eigenvalue weighted by atomic mass is 9.83. The van der Waals surface area contributed by atoms with E-state index in [1.807, 2.05) is 84.9 Å². The van der Waals surface area contributed by atoms with E-state index in [1.165, 1.54) is 21.7 Å². The molecule has 6 heteroatoms. The number of nitrogens with zero attached hydrogens (tertiary/aromatic N) is 4.